The molecule has 0 bridgehead atoms. The predicted octanol–water partition coefficient (Wildman–Crippen LogP) is 8.23. The molecule has 3 aromatic rings. The van der Waals surface area contributed by atoms with Crippen LogP contribution in [0.5, 0.6) is 11.5 Å². The molecule has 0 fully saturated rings. The molecule has 1 unspecified atom stereocenters. The fraction of sp³-hybridized carbons (Fsp3) is 0.324. The molecule has 264 valence electrons. The Morgan fingerprint density at radius 2 is 1.53 bits per heavy atom. The molecule has 0 radical (unpaired) electrons. The van der Waals surface area contributed by atoms with Gasteiger partial charge in [0.05, 0.1) is 12.7 Å². The molecule has 5 nitrogen and oxygen atoms in total. The van der Waals surface area contributed by atoms with E-state index in [1.54, 1.807) is 0 Å². The average molecular weight is 706 g/mol. The minimum Gasteiger partial charge on any atom is -0.488 e. The topological polar surface area (TPSA) is 81.8 Å². The number of ether oxygens (including phenoxy) is 2. The molecule has 0 aliphatic heterocycles. The molecule has 15 heteroatoms. The summed E-state index contributed by atoms with van der Waals surface area (Å²) in [7, 11) is 0. The Morgan fingerprint density at radius 1 is 0.898 bits per heavy atom. The van der Waals surface area contributed by atoms with Crippen molar-refractivity contribution in [3.63, 3.8) is 0 Å². The van der Waals surface area contributed by atoms with Gasteiger partial charge in [0.25, 0.3) is 0 Å². The van der Waals surface area contributed by atoms with Crippen molar-refractivity contribution in [1.29, 1.82) is 0 Å². The number of aliphatic hydroxyl groups excluding tert-OH is 1. The van der Waals surface area contributed by atoms with Crippen molar-refractivity contribution in [2.24, 2.45) is 11.1 Å². The van der Waals surface area contributed by atoms with Gasteiger partial charge in [-0.15, -0.1) is 0 Å². The van der Waals surface area contributed by atoms with Crippen LogP contribution in [0.4, 0.5) is 43.9 Å². The van der Waals surface area contributed by atoms with Crippen molar-refractivity contribution in [3.05, 3.63) is 118 Å². The smallest absolute Gasteiger partial charge is 0.461 e. The van der Waals surface area contributed by atoms with Gasteiger partial charge in [-0.25, -0.2) is 13.2 Å². The summed E-state index contributed by atoms with van der Waals surface area (Å²) in [6.07, 6.45) is -17.7. The Hall–Kier alpha value is -4.53. The fourth-order valence-corrected chi connectivity index (χ4v) is 6.01. The lowest BCUT2D eigenvalue weighted by Gasteiger charge is -2.52. The molecule has 0 heterocycles. The first-order valence-corrected chi connectivity index (χ1v) is 14.5. The van der Waals surface area contributed by atoms with Gasteiger partial charge in [0.1, 0.15) is 22.8 Å². The first kappa shape index (κ1) is 37.3. The Kier molecular flexibility index (Phi) is 10.5. The largest absolute Gasteiger partial charge is 0.488 e. The van der Waals surface area contributed by atoms with E-state index < -0.39 is 107 Å². The zero-order chi connectivity index (χ0) is 36.5. The number of carbonyl (C=O) groups excluding carboxylic acids is 1. The van der Waals surface area contributed by atoms with E-state index in [9.17, 15) is 27.5 Å². The molecule has 0 saturated carbocycles. The molecule has 49 heavy (non-hydrogen) atoms. The summed E-state index contributed by atoms with van der Waals surface area (Å²) in [4.78, 5) is 12.4. The fourth-order valence-electron chi connectivity index (χ4n) is 6.01. The summed E-state index contributed by atoms with van der Waals surface area (Å²) in [5, 5.41) is 9.53. The van der Waals surface area contributed by atoms with E-state index in [2.05, 4.69) is 4.74 Å². The van der Waals surface area contributed by atoms with Crippen LogP contribution in [0.2, 0.25) is 0 Å². The zero-order valence-electron chi connectivity index (χ0n) is 25.7. The molecule has 3 N–H and O–H groups in total. The van der Waals surface area contributed by atoms with Crippen LogP contribution in [0.25, 0.3) is 0 Å². The van der Waals surface area contributed by atoms with Crippen molar-refractivity contribution in [2.45, 2.75) is 63.5 Å². The highest BCUT2D eigenvalue weighted by Gasteiger charge is 2.71. The van der Waals surface area contributed by atoms with E-state index in [4.69, 9.17) is 10.5 Å². The van der Waals surface area contributed by atoms with Gasteiger partial charge >= 0.3 is 18.7 Å². The third-order valence-electron chi connectivity index (χ3n) is 8.16. The number of hydrogen-bond acceptors (Lipinski definition) is 4. The number of carbonyl (C=O) groups is 1. The van der Waals surface area contributed by atoms with E-state index in [1.807, 2.05) is 0 Å². The zero-order valence-corrected chi connectivity index (χ0v) is 25.7. The molecular formula is C34H29F10NO4. The standard InChI is InChI=1S/C34H29F10NO4/c1-18(2)48-27-13-22(8-9-26(27)36)31(15-19-3-5-20(17-46)6-4-19,23-11-24(35)14-25(12-23)49-33(40,41)30(38)39)32(34(42,43)44)16-21(29(45)47)7-10-28(32)37/h3-14,18,30,46H,15-17H2,1-2H3,(H2,45,47)/t31?,32-/m0/s1. The van der Waals surface area contributed by atoms with Crippen LogP contribution >= 0.6 is 0 Å². The van der Waals surface area contributed by atoms with Crippen molar-refractivity contribution in [3.8, 4) is 11.5 Å². The van der Waals surface area contributed by atoms with E-state index >= 15 is 26.3 Å². The van der Waals surface area contributed by atoms with Gasteiger partial charge in [-0.2, -0.15) is 30.7 Å². The second kappa shape index (κ2) is 13.8. The van der Waals surface area contributed by atoms with Crippen molar-refractivity contribution in [2.75, 3.05) is 0 Å². The van der Waals surface area contributed by atoms with E-state index in [0.29, 0.717) is 35.9 Å². The summed E-state index contributed by atoms with van der Waals surface area (Å²) >= 11 is 0. The van der Waals surface area contributed by atoms with Gasteiger partial charge in [-0.3, -0.25) is 4.79 Å². The minimum atomic E-state index is -5.73. The lowest BCUT2D eigenvalue weighted by Crippen LogP contribution is -2.58. The van der Waals surface area contributed by atoms with Crippen LogP contribution in [0.15, 0.2) is 84.2 Å². The molecule has 0 spiro atoms. The number of benzene rings is 3. The summed E-state index contributed by atoms with van der Waals surface area (Å²) in [5.74, 6) is -7.94. The van der Waals surface area contributed by atoms with E-state index in [1.165, 1.54) is 38.1 Å². The number of allylic oxidation sites excluding steroid dienone is 3. The summed E-state index contributed by atoms with van der Waals surface area (Å²) in [6.45, 7) is 2.44. The van der Waals surface area contributed by atoms with Crippen LogP contribution in [0.1, 0.15) is 42.5 Å². The molecule has 0 saturated heterocycles. The van der Waals surface area contributed by atoms with Crippen molar-refractivity contribution in [1.82, 2.24) is 0 Å². The maximum Gasteiger partial charge on any atom is 0.461 e. The lowest BCUT2D eigenvalue weighted by atomic mass is 9.50. The van der Waals surface area contributed by atoms with Gasteiger partial charge in [0, 0.05) is 17.1 Å². The maximum absolute atomic E-state index is 16.6. The molecule has 1 aliphatic carbocycles. The van der Waals surface area contributed by atoms with Crippen molar-refractivity contribution < 1.29 is 63.3 Å². The molecule has 1 amide bonds. The Balaban J connectivity index is 2.25. The second-order valence-electron chi connectivity index (χ2n) is 11.7. The van der Waals surface area contributed by atoms with Gasteiger partial charge in [-0.05, 0) is 79.3 Å². The van der Waals surface area contributed by atoms with Gasteiger partial charge < -0.3 is 20.3 Å². The Morgan fingerprint density at radius 3 is 2.08 bits per heavy atom. The number of hydrogen-bond donors (Lipinski definition) is 2. The first-order valence-electron chi connectivity index (χ1n) is 14.5. The van der Waals surface area contributed by atoms with Crippen LogP contribution in [0, 0.1) is 17.0 Å². The van der Waals surface area contributed by atoms with Crippen LogP contribution < -0.4 is 15.2 Å². The summed E-state index contributed by atoms with van der Waals surface area (Å²) < 4.78 is 159. The number of aliphatic hydroxyl groups is 1. The summed E-state index contributed by atoms with van der Waals surface area (Å²) in [6, 6.07) is 8.46. The number of amides is 1. The Bertz CT molecular complexity index is 1750. The highest BCUT2D eigenvalue weighted by Crippen LogP contribution is 2.65. The average Bonchev–Trinajstić information content (AvgIpc) is 3.00. The maximum atomic E-state index is 16.6. The lowest BCUT2D eigenvalue weighted by molar-refractivity contribution is -0.253. The molecule has 2 atom stereocenters. The predicted molar refractivity (Wildman–Crippen MR) is 157 cm³/mol. The second-order valence-corrected chi connectivity index (χ2v) is 11.7. The number of nitrogens with two attached hydrogens (primary N) is 1. The van der Waals surface area contributed by atoms with Gasteiger partial charge in [0.2, 0.25) is 5.91 Å². The number of alkyl halides is 7. The minimum absolute atomic E-state index is 0.0379. The van der Waals surface area contributed by atoms with Crippen LogP contribution in [-0.4, -0.2) is 35.8 Å². The van der Waals surface area contributed by atoms with E-state index in [-0.39, 0.29) is 11.6 Å². The monoisotopic (exact) mass is 705 g/mol. The van der Waals surface area contributed by atoms with Gasteiger partial charge in [0.15, 0.2) is 11.6 Å². The molecule has 3 aromatic carbocycles. The third kappa shape index (κ3) is 7.12. The Labute approximate surface area is 273 Å². The van der Waals surface area contributed by atoms with E-state index in [0.717, 1.165) is 12.1 Å². The molecule has 1 aliphatic rings. The third-order valence-corrected chi connectivity index (χ3v) is 8.16. The molecular weight excluding hydrogens is 676 g/mol. The first-order chi connectivity index (χ1) is 22.8. The molecule has 0 aromatic heterocycles. The quantitative estimate of drug-likeness (QED) is 0.186. The number of primary amides is 1. The SMILES string of the molecule is CC(C)Oc1cc(C(Cc2ccc(CO)cc2)(c2cc(F)cc(OC(F)(F)C(F)F)c2)[C@]2(C(F)(F)F)CC(C(N)=O)=CC=C2F)ccc1F. The summed E-state index contributed by atoms with van der Waals surface area (Å²) in [5.41, 5.74) is -3.68. The highest BCUT2D eigenvalue weighted by atomic mass is 19.4. The van der Waals surface area contributed by atoms with Crippen LogP contribution in [-0.2, 0) is 23.2 Å². The normalized spacial score (nSPS) is 18.2. The number of rotatable bonds is 12. The molecule has 4 rings (SSSR count). The number of halogens is 10. The van der Waals surface area contributed by atoms with Crippen molar-refractivity contribution >= 4 is 5.91 Å². The highest BCUT2D eigenvalue weighted by molar-refractivity contribution is 5.93. The van der Waals surface area contributed by atoms with Gasteiger partial charge in [-0.1, -0.05) is 36.4 Å². The van der Waals surface area contributed by atoms with Crippen LogP contribution in [0.3, 0.4) is 0 Å².